The standard InChI is InChI=1S/C31H38ClN3O5S/c1-5-7-19-33-31(37)29(6-2)34(21-24-14-17-26(40-4)18-15-24)30(36)22-35(25-16-13-23(3)28(32)20-25)41(38,39)27-11-9-8-10-12-27/h8-18,20,29H,5-7,19,21-22H2,1-4H3,(H,33,37)/t29-/m1/s1. The van der Waals surface area contributed by atoms with E-state index in [0.29, 0.717) is 23.7 Å². The van der Waals surface area contributed by atoms with E-state index >= 15 is 0 Å². The van der Waals surface area contributed by atoms with Crippen molar-refractivity contribution in [3.63, 3.8) is 0 Å². The summed E-state index contributed by atoms with van der Waals surface area (Å²) in [6, 6.07) is 19.2. The minimum atomic E-state index is -4.15. The molecule has 0 aromatic heterocycles. The van der Waals surface area contributed by atoms with Crippen LogP contribution in [0.15, 0.2) is 77.7 Å². The van der Waals surface area contributed by atoms with Crippen molar-refractivity contribution in [3.8, 4) is 5.75 Å². The molecule has 1 N–H and O–H groups in total. The molecule has 0 aliphatic heterocycles. The number of halogens is 1. The molecule has 0 fully saturated rings. The van der Waals surface area contributed by atoms with Crippen LogP contribution in [0, 0.1) is 6.92 Å². The molecule has 0 heterocycles. The maximum atomic E-state index is 14.1. The van der Waals surface area contributed by atoms with Gasteiger partial charge in [-0.2, -0.15) is 0 Å². The molecular weight excluding hydrogens is 562 g/mol. The van der Waals surface area contributed by atoms with Crippen LogP contribution in [-0.2, 0) is 26.2 Å². The minimum absolute atomic E-state index is 0.0375. The quantitative estimate of drug-likeness (QED) is 0.244. The van der Waals surface area contributed by atoms with E-state index in [1.165, 1.54) is 23.1 Å². The van der Waals surface area contributed by atoms with Crippen molar-refractivity contribution in [1.29, 1.82) is 0 Å². The van der Waals surface area contributed by atoms with Crippen LogP contribution in [0.3, 0.4) is 0 Å². The fraction of sp³-hybridized carbons (Fsp3) is 0.355. The van der Waals surface area contributed by atoms with E-state index in [9.17, 15) is 18.0 Å². The third-order valence-corrected chi connectivity index (χ3v) is 8.98. The number of hydrogen-bond acceptors (Lipinski definition) is 5. The molecule has 3 aromatic rings. The number of anilines is 1. The van der Waals surface area contributed by atoms with Gasteiger partial charge in [0, 0.05) is 18.1 Å². The second-order valence-corrected chi connectivity index (χ2v) is 12.0. The summed E-state index contributed by atoms with van der Waals surface area (Å²) in [4.78, 5) is 28.9. The lowest BCUT2D eigenvalue weighted by atomic mass is 10.1. The van der Waals surface area contributed by atoms with Crippen molar-refractivity contribution >= 4 is 39.1 Å². The van der Waals surface area contributed by atoms with Gasteiger partial charge >= 0.3 is 0 Å². The third kappa shape index (κ3) is 8.24. The zero-order chi connectivity index (χ0) is 30.0. The van der Waals surface area contributed by atoms with Gasteiger partial charge in [-0.3, -0.25) is 13.9 Å². The van der Waals surface area contributed by atoms with Gasteiger partial charge in [0.25, 0.3) is 10.0 Å². The normalized spacial score (nSPS) is 11.9. The number of amides is 2. The Balaban J connectivity index is 2.04. The molecule has 0 saturated carbocycles. The maximum absolute atomic E-state index is 14.1. The van der Waals surface area contributed by atoms with Crippen LogP contribution in [0.1, 0.15) is 44.2 Å². The van der Waals surface area contributed by atoms with E-state index in [2.05, 4.69) is 5.32 Å². The van der Waals surface area contributed by atoms with Crippen LogP contribution in [0.25, 0.3) is 0 Å². The maximum Gasteiger partial charge on any atom is 0.264 e. The highest BCUT2D eigenvalue weighted by Crippen LogP contribution is 2.29. The summed E-state index contributed by atoms with van der Waals surface area (Å²) >= 11 is 6.38. The largest absolute Gasteiger partial charge is 0.497 e. The van der Waals surface area contributed by atoms with Gasteiger partial charge in [0.1, 0.15) is 18.3 Å². The lowest BCUT2D eigenvalue weighted by molar-refractivity contribution is -0.140. The first-order chi connectivity index (χ1) is 19.6. The fourth-order valence-electron chi connectivity index (χ4n) is 4.34. The first-order valence-corrected chi connectivity index (χ1v) is 15.5. The van der Waals surface area contributed by atoms with Gasteiger partial charge < -0.3 is 15.0 Å². The number of aryl methyl sites for hydroxylation is 1. The number of benzene rings is 3. The topological polar surface area (TPSA) is 96.0 Å². The average molecular weight is 600 g/mol. The number of nitrogens with zero attached hydrogens (tertiary/aromatic N) is 2. The SMILES string of the molecule is CCCCNC(=O)[C@@H](CC)N(Cc1ccc(OC)cc1)C(=O)CN(c1ccc(C)c(Cl)c1)S(=O)(=O)c1ccccc1. The van der Waals surface area contributed by atoms with Crippen LogP contribution in [-0.4, -0.2) is 51.4 Å². The molecule has 0 bridgehead atoms. The molecule has 10 heteroatoms. The number of unbranched alkanes of at least 4 members (excludes halogenated alkanes) is 1. The summed E-state index contributed by atoms with van der Waals surface area (Å²) < 4.78 is 34.1. The lowest BCUT2D eigenvalue weighted by Gasteiger charge is -2.33. The Morgan fingerprint density at radius 1 is 1.00 bits per heavy atom. The molecule has 0 spiro atoms. The number of carbonyl (C=O) groups is 2. The van der Waals surface area contributed by atoms with Gasteiger partial charge in [0.05, 0.1) is 17.7 Å². The summed E-state index contributed by atoms with van der Waals surface area (Å²) in [5, 5.41) is 3.30. The Bertz CT molecular complexity index is 1420. The molecule has 0 aliphatic rings. The predicted molar refractivity (Wildman–Crippen MR) is 163 cm³/mol. The van der Waals surface area contributed by atoms with Crippen LogP contribution in [0.2, 0.25) is 5.02 Å². The Hall–Kier alpha value is -3.56. The highest BCUT2D eigenvalue weighted by atomic mass is 35.5. The van der Waals surface area contributed by atoms with Crippen molar-refractivity contribution in [2.24, 2.45) is 0 Å². The number of carbonyl (C=O) groups excluding carboxylic acids is 2. The number of sulfonamides is 1. The summed E-state index contributed by atoms with van der Waals surface area (Å²) in [5.74, 6) is -0.138. The summed E-state index contributed by atoms with van der Waals surface area (Å²) in [7, 11) is -2.59. The highest BCUT2D eigenvalue weighted by Gasteiger charge is 2.33. The van der Waals surface area contributed by atoms with E-state index in [1.807, 2.05) is 32.9 Å². The molecule has 3 aromatic carbocycles. The van der Waals surface area contributed by atoms with E-state index in [1.54, 1.807) is 49.6 Å². The summed E-state index contributed by atoms with van der Waals surface area (Å²) in [5.41, 5.74) is 1.80. The third-order valence-electron chi connectivity index (χ3n) is 6.78. The summed E-state index contributed by atoms with van der Waals surface area (Å²) in [6.07, 6.45) is 2.07. The van der Waals surface area contributed by atoms with Crippen molar-refractivity contribution in [2.45, 2.75) is 57.5 Å². The summed E-state index contributed by atoms with van der Waals surface area (Å²) in [6.45, 7) is 5.75. The molecule has 2 amide bonds. The van der Waals surface area contributed by atoms with Crippen LogP contribution in [0.4, 0.5) is 5.69 Å². The molecule has 0 unspecified atom stereocenters. The van der Waals surface area contributed by atoms with Gasteiger partial charge in [0.2, 0.25) is 11.8 Å². The molecule has 0 saturated heterocycles. The number of rotatable bonds is 14. The van der Waals surface area contributed by atoms with E-state index in [-0.39, 0.29) is 23.0 Å². The molecule has 0 radical (unpaired) electrons. The van der Waals surface area contributed by atoms with E-state index < -0.39 is 28.5 Å². The van der Waals surface area contributed by atoms with Crippen molar-refractivity contribution in [2.75, 3.05) is 24.5 Å². The lowest BCUT2D eigenvalue weighted by Crippen LogP contribution is -2.52. The Labute approximate surface area is 248 Å². The number of ether oxygens (including phenoxy) is 1. The fourth-order valence-corrected chi connectivity index (χ4v) is 5.94. The molecule has 8 nitrogen and oxygen atoms in total. The molecule has 41 heavy (non-hydrogen) atoms. The van der Waals surface area contributed by atoms with Crippen molar-refractivity contribution < 1.29 is 22.7 Å². The van der Waals surface area contributed by atoms with Crippen LogP contribution >= 0.6 is 11.6 Å². The second kappa shape index (κ2) is 14.9. The molecule has 1 atom stereocenters. The number of hydrogen-bond donors (Lipinski definition) is 1. The van der Waals surface area contributed by atoms with E-state index in [4.69, 9.17) is 16.3 Å². The monoisotopic (exact) mass is 599 g/mol. The molecular formula is C31H38ClN3O5S. The first-order valence-electron chi connectivity index (χ1n) is 13.7. The van der Waals surface area contributed by atoms with Gasteiger partial charge in [-0.15, -0.1) is 0 Å². The average Bonchev–Trinajstić information content (AvgIpc) is 2.98. The van der Waals surface area contributed by atoms with Crippen molar-refractivity contribution in [1.82, 2.24) is 10.2 Å². The van der Waals surface area contributed by atoms with Crippen LogP contribution < -0.4 is 14.4 Å². The van der Waals surface area contributed by atoms with Gasteiger partial charge in [-0.25, -0.2) is 8.42 Å². The van der Waals surface area contributed by atoms with Crippen LogP contribution in [0.5, 0.6) is 5.75 Å². The Morgan fingerprint density at radius 3 is 2.27 bits per heavy atom. The Morgan fingerprint density at radius 2 is 1.68 bits per heavy atom. The Kier molecular flexibility index (Phi) is 11.6. The predicted octanol–water partition coefficient (Wildman–Crippen LogP) is 5.58. The molecule has 0 aliphatic carbocycles. The second-order valence-electron chi connectivity index (χ2n) is 9.70. The van der Waals surface area contributed by atoms with Crippen molar-refractivity contribution in [3.05, 3.63) is 88.9 Å². The van der Waals surface area contributed by atoms with Gasteiger partial charge in [-0.05, 0) is 67.3 Å². The number of methoxy groups -OCH3 is 1. The zero-order valence-electron chi connectivity index (χ0n) is 24.0. The smallest absolute Gasteiger partial charge is 0.264 e. The highest BCUT2D eigenvalue weighted by molar-refractivity contribution is 7.92. The zero-order valence-corrected chi connectivity index (χ0v) is 25.5. The first kappa shape index (κ1) is 32.0. The van der Waals surface area contributed by atoms with Gasteiger partial charge in [-0.1, -0.05) is 68.3 Å². The van der Waals surface area contributed by atoms with E-state index in [0.717, 1.165) is 28.3 Å². The van der Waals surface area contributed by atoms with Gasteiger partial charge in [0.15, 0.2) is 0 Å². The minimum Gasteiger partial charge on any atom is -0.497 e. The molecule has 220 valence electrons. The number of nitrogens with one attached hydrogen (secondary N) is 1. The molecule has 3 rings (SSSR count).